The number of hydrogen-bond acceptors (Lipinski definition) is 8. The van der Waals surface area contributed by atoms with Crippen molar-refractivity contribution in [3.05, 3.63) is 65.2 Å². The molecule has 0 unspecified atom stereocenters. The number of carbonyl (C=O) groups is 1. The summed E-state index contributed by atoms with van der Waals surface area (Å²) in [7, 11) is 0. The normalized spacial score (nSPS) is 13.0. The number of fused-ring (bicyclic) bond motifs is 1. The molecule has 1 aromatic carbocycles. The third-order valence-electron chi connectivity index (χ3n) is 5.39. The number of amides is 1. The van der Waals surface area contributed by atoms with Gasteiger partial charge in [0.1, 0.15) is 36.1 Å². The lowest BCUT2D eigenvalue weighted by atomic mass is 10.1. The first-order valence-corrected chi connectivity index (χ1v) is 11.9. The van der Waals surface area contributed by atoms with Crippen LogP contribution >= 0.6 is 0 Å². The number of benzene rings is 1. The van der Waals surface area contributed by atoms with E-state index in [-0.39, 0.29) is 12.1 Å². The number of aryl methyl sites for hydroxylation is 2. The van der Waals surface area contributed by atoms with Gasteiger partial charge in [0.25, 0.3) is 0 Å². The van der Waals surface area contributed by atoms with Gasteiger partial charge in [-0.25, -0.2) is 14.8 Å². The van der Waals surface area contributed by atoms with E-state index in [1.165, 1.54) is 6.33 Å². The molecule has 1 aliphatic heterocycles. The Hall–Kier alpha value is -4.14. The van der Waals surface area contributed by atoms with E-state index in [0.29, 0.717) is 18.1 Å². The highest BCUT2D eigenvalue weighted by molar-refractivity contribution is 5.78. The highest BCUT2D eigenvalue weighted by atomic mass is 16.5. The standard InChI is InChI=1S/C27H32N6O3/c1-17-12-20(7-9-23(17)36-21-8-6-18(2)29-14-21)32-25-22-13-19(10-11-28-24(22)30-16-31-25)15-35-26(34)33-27(3,4)5/h6-9,12-14,16H,10-11,15H2,1-5H3,(H,33,34)(H2,28,30,31,32). The molecule has 3 heterocycles. The molecule has 4 rings (SSSR count). The van der Waals surface area contributed by atoms with E-state index in [1.807, 2.05) is 71.0 Å². The first kappa shape index (κ1) is 25.0. The van der Waals surface area contributed by atoms with Crippen LogP contribution in [0.3, 0.4) is 0 Å². The van der Waals surface area contributed by atoms with Crippen molar-refractivity contribution in [3.63, 3.8) is 0 Å². The van der Waals surface area contributed by atoms with Crippen LogP contribution in [0.2, 0.25) is 0 Å². The monoisotopic (exact) mass is 488 g/mol. The second-order valence-electron chi connectivity index (χ2n) is 9.76. The Bertz CT molecular complexity index is 1270. The van der Waals surface area contributed by atoms with E-state index >= 15 is 0 Å². The highest BCUT2D eigenvalue weighted by Crippen LogP contribution is 2.31. The van der Waals surface area contributed by atoms with Crippen LogP contribution in [-0.4, -0.2) is 39.7 Å². The SMILES string of the molecule is Cc1ccc(Oc2ccc(Nc3ncnc4c3C=C(COC(=O)NC(C)(C)C)CCN4)cc2C)cn1. The smallest absolute Gasteiger partial charge is 0.407 e. The number of aromatic nitrogens is 3. The van der Waals surface area contributed by atoms with Crippen molar-refractivity contribution < 1.29 is 14.3 Å². The zero-order valence-corrected chi connectivity index (χ0v) is 21.3. The van der Waals surface area contributed by atoms with E-state index in [1.54, 1.807) is 6.20 Å². The number of ether oxygens (including phenoxy) is 2. The molecule has 9 heteroatoms. The van der Waals surface area contributed by atoms with Crippen molar-refractivity contribution in [1.82, 2.24) is 20.3 Å². The molecule has 1 aliphatic rings. The Morgan fingerprint density at radius 3 is 2.67 bits per heavy atom. The Balaban J connectivity index is 1.50. The van der Waals surface area contributed by atoms with Crippen LogP contribution < -0.4 is 20.7 Å². The predicted octanol–water partition coefficient (Wildman–Crippen LogP) is 5.75. The molecular weight excluding hydrogens is 456 g/mol. The van der Waals surface area contributed by atoms with Gasteiger partial charge in [0, 0.05) is 23.5 Å². The largest absolute Gasteiger partial charge is 0.455 e. The fourth-order valence-corrected chi connectivity index (χ4v) is 3.62. The average Bonchev–Trinajstić information content (AvgIpc) is 3.03. The number of carbonyl (C=O) groups excluding carboxylic acids is 1. The summed E-state index contributed by atoms with van der Waals surface area (Å²) in [6, 6.07) is 9.67. The molecule has 0 radical (unpaired) electrons. The Kier molecular flexibility index (Phi) is 7.38. The van der Waals surface area contributed by atoms with Crippen molar-refractivity contribution in [3.8, 4) is 11.5 Å². The fraction of sp³-hybridized carbons (Fsp3) is 0.333. The van der Waals surface area contributed by atoms with Gasteiger partial charge in [0.05, 0.1) is 11.8 Å². The molecule has 3 aromatic rings. The molecule has 0 atom stereocenters. The van der Waals surface area contributed by atoms with Crippen molar-refractivity contribution in [2.24, 2.45) is 0 Å². The number of hydrogen-bond donors (Lipinski definition) is 3. The summed E-state index contributed by atoms with van der Waals surface area (Å²) in [6.07, 6.45) is 5.50. The van der Waals surface area contributed by atoms with Gasteiger partial charge in [-0.15, -0.1) is 0 Å². The summed E-state index contributed by atoms with van der Waals surface area (Å²) < 4.78 is 11.4. The summed E-state index contributed by atoms with van der Waals surface area (Å²) in [4.78, 5) is 25.2. The minimum absolute atomic E-state index is 0.191. The number of nitrogens with zero attached hydrogens (tertiary/aromatic N) is 3. The number of nitrogens with one attached hydrogen (secondary N) is 3. The van der Waals surface area contributed by atoms with E-state index in [9.17, 15) is 4.79 Å². The van der Waals surface area contributed by atoms with Gasteiger partial charge in [0.15, 0.2) is 0 Å². The van der Waals surface area contributed by atoms with Crippen molar-refractivity contribution in [1.29, 1.82) is 0 Å². The first-order chi connectivity index (χ1) is 17.2. The van der Waals surface area contributed by atoms with Crippen LogP contribution in [0.15, 0.2) is 48.4 Å². The summed E-state index contributed by atoms with van der Waals surface area (Å²) in [6.45, 7) is 10.5. The number of alkyl carbamates (subject to hydrolysis) is 1. The molecule has 1 amide bonds. The molecule has 0 saturated heterocycles. The molecule has 188 valence electrons. The van der Waals surface area contributed by atoms with Gasteiger partial charge in [-0.05, 0) is 88.6 Å². The maximum absolute atomic E-state index is 12.1. The van der Waals surface area contributed by atoms with Crippen LogP contribution in [0.4, 0.5) is 22.1 Å². The minimum atomic E-state index is -0.442. The zero-order valence-electron chi connectivity index (χ0n) is 21.3. The van der Waals surface area contributed by atoms with Crippen LogP contribution in [0.5, 0.6) is 11.5 Å². The van der Waals surface area contributed by atoms with Crippen molar-refractivity contribution in [2.75, 3.05) is 23.8 Å². The molecule has 0 spiro atoms. The van der Waals surface area contributed by atoms with Gasteiger partial charge in [0.2, 0.25) is 0 Å². The molecular formula is C27H32N6O3. The van der Waals surface area contributed by atoms with E-state index in [4.69, 9.17) is 9.47 Å². The fourth-order valence-electron chi connectivity index (χ4n) is 3.62. The third-order valence-corrected chi connectivity index (χ3v) is 5.39. The molecule has 3 N–H and O–H groups in total. The van der Waals surface area contributed by atoms with E-state index < -0.39 is 6.09 Å². The van der Waals surface area contributed by atoms with Crippen LogP contribution in [-0.2, 0) is 4.74 Å². The Morgan fingerprint density at radius 1 is 1.11 bits per heavy atom. The maximum Gasteiger partial charge on any atom is 0.407 e. The lowest BCUT2D eigenvalue weighted by Gasteiger charge is -2.20. The summed E-state index contributed by atoms with van der Waals surface area (Å²) in [5.41, 5.74) is 4.19. The van der Waals surface area contributed by atoms with Gasteiger partial charge < -0.3 is 25.4 Å². The number of pyridine rings is 1. The average molecular weight is 489 g/mol. The number of rotatable bonds is 6. The predicted molar refractivity (Wildman–Crippen MR) is 141 cm³/mol. The van der Waals surface area contributed by atoms with Crippen molar-refractivity contribution in [2.45, 2.75) is 46.6 Å². The maximum atomic E-state index is 12.1. The topological polar surface area (TPSA) is 110 Å². The molecule has 36 heavy (non-hydrogen) atoms. The summed E-state index contributed by atoms with van der Waals surface area (Å²) in [5, 5.41) is 9.54. The van der Waals surface area contributed by atoms with Gasteiger partial charge in [-0.2, -0.15) is 0 Å². The van der Waals surface area contributed by atoms with E-state index in [0.717, 1.165) is 46.1 Å². The first-order valence-electron chi connectivity index (χ1n) is 11.9. The summed E-state index contributed by atoms with van der Waals surface area (Å²) in [5.74, 6) is 2.82. The van der Waals surface area contributed by atoms with Gasteiger partial charge in [-0.3, -0.25) is 4.98 Å². The number of anilines is 3. The third kappa shape index (κ3) is 6.71. The quantitative estimate of drug-likeness (QED) is 0.402. The molecule has 0 saturated carbocycles. The molecule has 9 nitrogen and oxygen atoms in total. The molecule has 0 fully saturated rings. The molecule has 0 bridgehead atoms. The van der Waals surface area contributed by atoms with Crippen LogP contribution in [0.1, 0.15) is 44.0 Å². The Morgan fingerprint density at radius 2 is 1.94 bits per heavy atom. The minimum Gasteiger partial charge on any atom is -0.455 e. The molecule has 0 aliphatic carbocycles. The Labute approximate surface area is 211 Å². The zero-order chi connectivity index (χ0) is 25.7. The van der Waals surface area contributed by atoms with Gasteiger partial charge in [-0.1, -0.05) is 0 Å². The lowest BCUT2D eigenvalue weighted by Crippen LogP contribution is -2.41. The van der Waals surface area contributed by atoms with Gasteiger partial charge >= 0.3 is 6.09 Å². The lowest BCUT2D eigenvalue weighted by molar-refractivity contribution is 0.146. The molecule has 2 aromatic heterocycles. The van der Waals surface area contributed by atoms with E-state index in [2.05, 4.69) is 30.9 Å². The van der Waals surface area contributed by atoms with Crippen LogP contribution in [0.25, 0.3) is 6.08 Å². The summed E-state index contributed by atoms with van der Waals surface area (Å²) >= 11 is 0. The van der Waals surface area contributed by atoms with Crippen LogP contribution in [0, 0.1) is 13.8 Å². The second-order valence-corrected chi connectivity index (χ2v) is 9.76. The second kappa shape index (κ2) is 10.6. The van der Waals surface area contributed by atoms with Crippen molar-refractivity contribution >= 4 is 29.5 Å². The highest BCUT2D eigenvalue weighted by Gasteiger charge is 2.18.